The van der Waals surface area contributed by atoms with E-state index in [0.717, 1.165) is 16.3 Å². The molecule has 2 heterocycles. The average molecular weight is 469 g/mol. The molecule has 1 aliphatic heterocycles. The number of carbonyl (C=O) groups is 2. The third kappa shape index (κ3) is 5.81. The van der Waals surface area contributed by atoms with Crippen molar-refractivity contribution in [3.8, 4) is 17.2 Å². The minimum absolute atomic E-state index is 0.196. The highest BCUT2D eigenvalue weighted by atomic mass is 32.1. The van der Waals surface area contributed by atoms with Crippen molar-refractivity contribution in [2.75, 3.05) is 19.9 Å². The summed E-state index contributed by atoms with van der Waals surface area (Å²) >= 11 is 1.55. The number of hydrogen-bond acceptors (Lipinski definition) is 8. The first-order valence-electron chi connectivity index (χ1n) is 10.5. The van der Waals surface area contributed by atoms with Crippen molar-refractivity contribution in [2.45, 2.75) is 27.0 Å². The van der Waals surface area contributed by atoms with Crippen molar-refractivity contribution >= 4 is 23.2 Å². The Morgan fingerprint density at radius 3 is 2.79 bits per heavy atom. The monoisotopic (exact) mass is 468 g/mol. The molecule has 8 nitrogen and oxygen atoms in total. The van der Waals surface area contributed by atoms with Gasteiger partial charge in [-0.05, 0) is 49.7 Å². The molecule has 0 N–H and O–H groups in total. The maximum Gasteiger partial charge on any atom is 0.338 e. The Balaban J connectivity index is 1.30. The standard InChI is InChI=1S/C24H24N2O6S/c1-3-26(11-17-7-8-21-22(9-17)32-15-31-21)23(27)13-30-24(28)18-5-4-6-20(10-18)29-12-19-14-33-16(2)25-19/h4-10,14H,3,11-13,15H2,1-2H3. The Labute approximate surface area is 195 Å². The second-order valence-electron chi connectivity index (χ2n) is 7.35. The van der Waals surface area contributed by atoms with Crippen molar-refractivity contribution in [1.82, 2.24) is 9.88 Å². The minimum atomic E-state index is -0.586. The highest BCUT2D eigenvalue weighted by molar-refractivity contribution is 7.09. The number of nitrogens with zero attached hydrogens (tertiary/aromatic N) is 2. The Hall–Kier alpha value is -3.59. The molecule has 9 heteroatoms. The third-order valence-corrected chi connectivity index (χ3v) is 5.82. The number of aryl methyl sites for hydroxylation is 1. The number of likely N-dealkylation sites (N-methyl/N-ethyl adjacent to an activating group) is 1. The molecule has 2 aromatic carbocycles. The van der Waals surface area contributed by atoms with Gasteiger partial charge in [-0.25, -0.2) is 9.78 Å². The zero-order valence-electron chi connectivity index (χ0n) is 18.4. The molecular weight excluding hydrogens is 444 g/mol. The van der Waals surface area contributed by atoms with Gasteiger partial charge < -0.3 is 23.8 Å². The molecule has 1 amide bonds. The Bertz CT molecular complexity index is 1150. The van der Waals surface area contributed by atoms with E-state index in [0.29, 0.717) is 42.5 Å². The van der Waals surface area contributed by atoms with Gasteiger partial charge in [0.2, 0.25) is 6.79 Å². The summed E-state index contributed by atoms with van der Waals surface area (Å²) in [6.45, 7) is 4.82. The van der Waals surface area contributed by atoms with Crippen molar-refractivity contribution in [2.24, 2.45) is 0 Å². The molecule has 0 unspecified atom stereocenters. The largest absolute Gasteiger partial charge is 0.487 e. The zero-order valence-corrected chi connectivity index (χ0v) is 19.2. The molecule has 0 radical (unpaired) electrons. The summed E-state index contributed by atoms with van der Waals surface area (Å²) in [7, 11) is 0. The lowest BCUT2D eigenvalue weighted by Crippen LogP contribution is -2.34. The van der Waals surface area contributed by atoms with E-state index in [2.05, 4.69) is 4.98 Å². The summed E-state index contributed by atoms with van der Waals surface area (Å²) in [5.41, 5.74) is 2.05. The van der Waals surface area contributed by atoms with E-state index in [1.165, 1.54) is 0 Å². The van der Waals surface area contributed by atoms with Gasteiger partial charge in [0.1, 0.15) is 12.4 Å². The molecule has 172 valence electrons. The van der Waals surface area contributed by atoms with E-state index < -0.39 is 5.97 Å². The predicted molar refractivity (Wildman–Crippen MR) is 122 cm³/mol. The van der Waals surface area contributed by atoms with Crippen LogP contribution in [0.25, 0.3) is 0 Å². The SMILES string of the molecule is CCN(Cc1ccc2c(c1)OCO2)C(=O)COC(=O)c1cccc(OCc2csc(C)n2)c1. The molecule has 0 bridgehead atoms. The van der Waals surface area contributed by atoms with Gasteiger partial charge in [-0.15, -0.1) is 11.3 Å². The fraction of sp³-hybridized carbons (Fsp3) is 0.292. The Morgan fingerprint density at radius 1 is 1.15 bits per heavy atom. The van der Waals surface area contributed by atoms with E-state index in [-0.39, 0.29) is 19.3 Å². The van der Waals surface area contributed by atoms with Crippen LogP contribution in [-0.2, 0) is 22.7 Å². The molecule has 0 spiro atoms. The number of thiazole rings is 1. The molecular formula is C24H24N2O6S. The molecule has 0 saturated carbocycles. The topological polar surface area (TPSA) is 87.2 Å². The Morgan fingerprint density at radius 2 is 2.00 bits per heavy atom. The van der Waals surface area contributed by atoms with Gasteiger partial charge in [-0.3, -0.25) is 4.79 Å². The normalized spacial score (nSPS) is 11.8. The quantitative estimate of drug-likeness (QED) is 0.439. The van der Waals surface area contributed by atoms with Crippen LogP contribution in [0.15, 0.2) is 47.8 Å². The number of fused-ring (bicyclic) bond motifs is 1. The van der Waals surface area contributed by atoms with Crippen LogP contribution in [0, 0.1) is 6.92 Å². The summed E-state index contributed by atoms with van der Waals surface area (Å²) in [5.74, 6) is 1.01. The predicted octanol–water partition coefficient (Wildman–Crippen LogP) is 3.96. The number of aromatic nitrogens is 1. The molecule has 0 saturated heterocycles. The van der Waals surface area contributed by atoms with Crippen LogP contribution in [0.3, 0.4) is 0 Å². The molecule has 3 aromatic rings. The first-order chi connectivity index (χ1) is 16.0. The van der Waals surface area contributed by atoms with E-state index in [9.17, 15) is 9.59 Å². The summed E-state index contributed by atoms with van der Waals surface area (Å²) in [6, 6.07) is 12.2. The molecule has 0 fully saturated rings. The van der Waals surface area contributed by atoms with Crippen molar-refractivity contribution < 1.29 is 28.5 Å². The number of benzene rings is 2. The molecule has 1 aromatic heterocycles. The summed E-state index contributed by atoms with van der Waals surface area (Å²) in [4.78, 5) is 31.1. The number of esters is 1. The van der Waals surface area contributed by atoms with Gasteiger partial charge >= 0.3 is 5.97 Å². The van der Waals surface area contributed by atoms with E-state index in [1.807, 2.05) is 37.4 Å². The van der Waals surface area contributed by atoms with Crippen molar-refractivity contribution in [3.63, 3.8) is 0 Å². The van der Waals surface area contributed by atoms with Gasteiger partial charge in [-0.2, -0.15) is 0 Å². The van der Waals surface area contributed by atoms with E-state index >= 15 is 0 Å². The second-order valence-corrected chi connectivity index (χ2v) is 8.41. The van der Waals surface area contributed by atoms with Crippen LogP contribution in [0.1, 0.15) is 33.5 Å². The molecule has 4 rings (SSSR count). The summed E-state index contributed by atoms with van der Waals surface area (Å²) in [5, 5.41) is 2.90. The van der Waals surface area contributed by atoms with Gasteiger partial charge in [0.25, 0.3) is 5.91 Å². The van der Waals surface area contributed by atoms with Gasteiger partial charge in [0.05, 0.1) is 16.3 Å². The van der Waals surface area contributed by atoms with Crippen LogP contribution in [0.4, 0.5) is 0 Å². The first-order valence-corrected chi connectivity index (χ1v) is 11.4. The molecule has 0 atom stereocenters. The average Bonchev–Trinajstić information content (AvgIpc) is 3.47. The van der Waals surface area contributed by atoms with Crippen LogP contribution < -0.4 is 14.2 Å². The van der Waals surface area contributed by atoms with Gasteiger partial charge in [0.15, 0.2) is 18.1 Å². The third-order valence-electron chi connectivity index (χ3n) is 4.99. The van der Waals surface area contributed by atoms with Crippen LogP contribution >= 0.6 is 11.3 Å². The number of hydrogen-bond donors (Lipinski definition) is 0. The van der Waals surface area contributed by atoms with Crippen LogP contribution in [0.2, 0.25) is 0 Å². The second kappa shape index (κ2) is 10.4. The highest BCUT2D eigenvalue weighted by Crippen LogP contribution is 2.32. The van der Waals surface area contributed by atoms with Crippen LogP contribution in [-0.4, -0.2) is 41.7 Å². The lowest BCUT2D eigenvalue weighted by molar-refractivity contribution is -0.134. The lowest BCUT2D eigenvalue weighted by Gasteiger charge is -2.21. The number of rotatable bonds is 9. The van der Waals surface area contributed by atoms with Gasteiger partial charge in [0, 0.05) is 18.5 Å². The fourth-order valence-electron chi connectivity index (χ4n) is 3.28. The highest BCUT2D eigenvalue weighted by Gasteiger charge is 2.18. The van der Waals surface area contributed by atoms with E-state index in [1.54, 1.807) is 40.5 Å². The minimum Gasteiger partial charge on any atom is -0.487 e. The molecule has 33 heavy (non-hydrogen) atoms. The Kier molecular flexibility index (Phi) is 7.09. The van der Waals surface area contributed by atoms with Crippen molar-refractivity contribution in [3.05, 3.63) is 69.7 Å². The molecule has 1 aliphatic rings. The fourth-order valence-corrected chi connectivity index (χ4v) is 3.88. The number of ether oxygens (including phenoxy) is 4. The maximum atomic E-state index is 12.6. The van der Waals surface area contributed by atoms with Crippen LogP contribution in [0.5, 0.6) is 17.2 Å². The van der Waals surface area contributed by atoms with Crippen molar-refractivity contribution in [1.29, 1.82) is 0 Å². The van der Waals surface area contributed by atoms with Gasteiger partial charge in [-0.1, -0.05) is 12.1 Å². The lowest BCUT2D eigenvalue weighted by atomic mass is 10.2. The number of amides is 1. The number of carbonyl (C=O) groups excluding carboxylic acids is 2. The maximum absolute atomic E-state index is 12.6. The smallest absolute Gasteiger partial charge is 0.338 e. The first kappa shape index (κ1) is 22.6. The summed E-state index contributed by atoms with van der Waals surface area (Å²) < 4.78 is 21.7. The molecule has 0 aliphatic carbocycles. The zero-order chi connectivity index (χ0) is 23.2. The van der Waals surface area contributed by atoms with E-state index in [4.69, 9.17) is 18.9 Å². The summed E-state index contributed by atoms with van der Waals surface area (Å²) in [6.07, 6.45) is 0.